The van der Waals surface area contributed by atoms with Crippen LogP contribution in [-0.4, -0.2) is 5.71 Å². The molecule has 0 bridgehead atoms. The molecule has 5 rings (SSSR count). The number of hydrogen-bond acceptors (Lipinski definition) is 2. The molecule has 0 saturated carbocycles. The third-order valence-electron chi connectivity index (χ3n) is 5.29. The van der Waals surface area contributed by atoms with Crippen LogP contribution in [0.1, 0.15) is 23.6 Å². The number of fused-ring (bicyclic) bond motifs is 1. The molecular formula is C25H19BrN2. The van der Waals surface area contributed by atoms with Crippen LogP contribution < -0.4 is 5.01 Å². The third-order valence-corrected chi connectivity index (χ3v) is 5.82. The predicted molar refractivity (Wildman–Crippen MR) is 121 cm³/mol. The zero-order chi connectivity index (χ0) is 18.9. The standard InChI is InChI=1S/C25H19BrN2/c26-20-15-13-19(14-16-20)24-17-25(28(27-24)21-9-2-1-3-10-21)23-12-6-8-18-7-4-5-11-22(18)23/h1-16,25H,17H2. The minimum atomic E-state index is 0.173. The molecule has 4 aromatic rings. The topological polar surface area (TPSA) is 15.6 Å². The molecule has 1 aliphatic heterocycles. The second-order valence-corrected chi connectivity index (χ2v) is 7.94. The fourth-order valence-corrected chi connectivity index (χ4v) is 4.19. The Bertz CT molecular complexity index is 1140. The van der Waals surface area contributed by atoms with Crippen molar-refractivity contribution in [2.45, 2.75) is 12.5 Å². The molecule has 1 unspecified atom stereocenters. The first-order valence-corrected chi connectivity index (χ1v) is 10.2. The first kappa shape index (κ1) is 17.2. The zero-order valence-corrected chi connectivity index (χ0v) is 16.9. The van der Waals surface area contributed by atoms with Crippen LogP contribution in [0.5, 0.6) is 0 Å². The quantitative estimate of drug-likeness (QED) is 0.345. The molecule has 136 valence electrons. The largest absolute Gasteiger partial charge is 0.257 e. The first-order chi connectivity index (χ1) is 13.8. The third kappa shape index (κ3) is 3.12. The van der Waals surface area contributed by atoms with Gasteiger partial charge in [0.05, 0.1) is 17.4 Å². The molecule has 0 fully saturated rings. The number of hydrazone groups is 1. The van der Waals surface area contributed by atoms with Gasteiger partial charge in [-0.1, -0.05) is 88.7 Å². The summed E-state index contributed by atoms with van der Waals surface area (Å²) in [4.78, 5) is 0. The van der Waals surface area contributed by atoms with Gasteiger partial charge < -0.3 is 0 Å². The molecule has 0 aliphatic carbocycles. The molecule has 0 saturated heterocycles. The normalized spacial score (nSPS) is 16.4. The van der Waals surface area contributed by atoms with Gasteiger partial charge in [-0.2, -0.15) is 5.10 Å². The van der Waals surface area contributed by atoms with E-state index in [2.05, 4.69) is 112 Å². The van der Waals surface area contributed by atoms with E-state index in [1.165, 1.54) is 21.9 Å². The molecule has 3 heteroatoms. The summed E-state index contributed by atoms with van der Waals surface area (Å²) in [6, 6.07) is 34.2. The number of rotatable bonds is 3. The van der Waals surface area contributed by atoms with E-state index in [1.807, 2.05) is 6.07 Å². The molecule has 0 aromatic heterocycles. The lowest BCUT2D eigenvalue weighted by molar-refractivity contribution is 0.714. The second-order valence-electron chi connectivity index (χ2n) is 7.02. The number of para-hydroxylation sites is 1. The van der Waals surface area contributed by atoms with Crippen LogP contribution in [0.4, 0.5) is 5.69 Å². The average molecular weight is 427 g/mol. The Morgan fingerprint density at radius 1 is 0.750 bits per heavy atom. The van der Waals surface area contributed by atoms with Crippen LogP contribution in [0, 0.1) is 0 Å². The van der Waals surface area contributed by atoms with Crippen molar-refractivity contribution in [3.05, 3.63) is 113 Å². The smallest absolute Gasteiger partial charge is 0.0837 e. The number of nitrogens with zero attached hydrogens (tertiary/aromatic N) is 2. The average Bonchev–Trinajstić information content (AvgIpc) is 3.20. The lowest BCUT2D eigenvalue weighted by atomic mass is 9.94. The Morgan fingerprint density at radius 2 is 1.46 bits per heavy atom. The van der Waals surface area contributed by atoms with E-state index in [9.17, 15) is 0 Å². The summed E-state index contributed by atoms with van der Waals surface area (Å²) in [7, 11) is 0. The van der Waals surface area contributed by atoms with Gasteiger partial charge in [-0.05, 0) is 46.2 Å². The van der Waals surface area contributed by atoms with Crippen LogP contribution in [0.25, 0.3) is 10.8 Å². The summed E-state index contributed by atoms with van der Waals surface area (Å²) < 4.78 is 1.08. The summed E-state index contributed by atoms with van der Waals surface area (Å²) in [5.74, 6) is 0. The Balaban J connectivity index is 1.63. The highest BCUT2D eigenvalue weighted by atomic mass is 79.9. The highest BCUT2D eigenvalue weighted by Gasteiger charge is 2.30. The fourth-order valence-electron chi connectivity index (χ4n) is 3.93. The summed E-state index contributed by atoms with van der Waals surface area (Å²) >= 11 is 3.53. The van der Waals surface area contributed by atoms with Crippen molar-refractivity contribution in [1.29, 1.82) is 0 Å². The second kappa shape index (κ2) is 7.25. The molecule has 0 N–H and O–H groups in total. The van der Waals surface area contributed by atoms with Crippen LogP contribution in [0.15, 0.2) is 107 Å². The number of halogens is 1. The Labute approximate surface area is 173 Å². The minimum Gasteiger partial charge on any atom is -0.257 e. The highest BCUT2D eigenvalue weighted by Crippen LogP contribution is 2.39. The maximum Gasteiger partial charge on any atom is 0.0837 e. The molecule has 4 aromatic carbocycles. The van der Waals surface area contributed by atoms with Gasteiger partial charge in [0.2, 0.25) is 0 Å². The van der Waals surface area contributed by atoms with Crippen LogP contribution >= 0.6 is 15.9 Å². The molecule has 1 heterocycles. The van der Waals surface area contributed by atoms with Gasteiger partial charge in [-0.25, -0.2) is 0 Å². The van der Waals surface area contributed by atoms with Crippen molar-refractivity contribution in [1.82, 2.24) is 0 Å². The number of hydrogen-bond donors (Lipinski definition) is 0. The summed E-state index contributed by atoms with van der Waals surface area (Å²) in [5, 5.41) is 9.80. The number of anilines is 1. The van der Waals surface area contributed by atoms with Gasteiger partial charge in [0.15, 0.2) is 0 Å². The Hall–Kier alpha value is -2.91. The minimum absolute atomic E-state index is 0.173. The predicted octanol–water partition coefficient (Wildman–Crippen LogP) is 6.96. The Kier molecular flexibility index (Phi) is 4.46. The zero-order valence-electron chi connectivity index (χ0n) is 15.3. The summed E-state index contributed by atoms with van der Waals surface area (Å²) in [6.07, 6.45) is 0.879. The van der Waals surface area contributed by atoms with Crippen molar-refractivity contribution in [2.75, 3.05) is 5.01 Å². The maximum absolute atomic E-state index is 5.06. The molecule has 0 radical (unpaired) electrons. The molecule has 0 amide bonds. The molecule has 1 atom stereocenters. The SMILES string of the molecule is Brc1ccc(C2=NN(c3ccccc3)C(c3cccc4ccccc34)C2)cc1. The van der Waals surface area contributed by atoms with Gasteiger partial charge >= 0.3 is 0 Å². The maximum atomic E-state index is 5.06. The fraction of sp³-hybridized carbons (Fsp3) is 0.0800. The molecule has 0 spiro atoms. The monoisotopic (exact) mass is 426 g/mol. The van der Waals surface area contributed by atoms with E-state index in [1.54, 1.807) is 0 Å². The van der Waals surface area contributed by atoms with Gasteiger partial charge in [0.1, 0.15) is 0 Å². The van der Waals surface area contributed by atoms with Gasteiger partial charge in [-0.15, -0.1) is 0 Å². The van der Waals surface area contributed by atoms with E-state index in [-0.39, 0.29) is 6.04 Å². The molecular weight excluding hydrogens is 408 g/mol. The highest BCUT2D eigenvalue weighted by molar-refractivity contribution is 9.10. The van der Waals surface area contributed by atoms with E-state index in [0.717, 1.165) is 22.3 Å². The van der Waals surface area contributed by atoms with Crippen molar-refractivity contribution in [3.63, 3.8) is 0 Å². The van der Waals surface area contributed by atoms with Crippen LogP contribution in [-0.2, 0) is 0 Å². The van der Waals surface area contributed by atoms with E-state index >= 15 is 0 Å². The summed E-state index contributed by atoms with van der Waals surface area (Å²) in [6.45, 7) is 0. The van der Waals surface area contributed by atoms with Crippen molar-refractivity contribution < 1.29 is 0 Å². The van der Waals surface area contributed by atoms with Crippen LogP contribution in [0.2, 0.25) is 0 Å². The van der Waals surface area contributed by atoms with Gasteiger partial charge in [0.25, 0.3) is 0 Å². The van der Waals surface area contributed by atoms with Crippen molar-refractivity contribution in [3.8, 4) is 0 Å². The van der Waals surface area contributed by atoms with Gasteiger partial charge in [0, 0.05) is 10.9 Å². The number of benzene rings is 4. The molecule has 1 aliphatic rings. The van der Waals surface area contributed by atoms with E-state index in [0.29, 0.717) is 0 Å². The lowest BCUT2D eigenvalue weighted by Gasteiger charge is -2.25. The van der Waals surface area contributed by atoms with E-state index in [4.69, 9.17) is 5.10 Å². The summed E-state index contributed by atoms with van der Waals surface area (Å²) in [5.41, 5.74) is 4.73. The van der Waals surface area contributed by atoms with Crippen molar-refractivity contribution in [2.24, 2.45) is 5.10 Å². The molecule has 28 heavy (non-hydrogen) atoms. The van der Waals surface area contributed by atoms with Gasteiger partial charge in [-0.3, -0.25) is 5.01 Å². The molecule has 2 nitrogen and oxygen atoms in total. The lowest BCUT2D eigenvalue weighted by Crippen LogP contribution is -2.18. The first-order valence-electron chi connectivity index (χ1n) is 9.45. The van der Waals surface area contributed by atoms with Crippen molar-refractivity contribution >= 4 is 38.1 Å². The van der Waals surface area contributed by atoms with Crippen LogP contribution in [0.3, 0.4) is 0 Å². The Morgan fingerprint density at radius 3 is 2.29 bits per heavy atom. The van der Waals surface area contributed by atoms with E-state index < -0.39 is 0 Å².